The van der Waals surface area contributed by atoms with Crippen molar-refractivity contribution in [3.63, 3.8) is 0 Å². The van der Waals surface area contributed by atoms with Gasteiger partial charge >= 0.3 is 0 Å². The number of benzene rings is 2. The molecule has 1 N–H and O–H groups in total. The summed E-state index contributed by atoms with van der Waals surface area (Å²) in [6.07, 6.45) is 1.90. The minimum absolute atomic E-state index is 0.139. The molecular weight excluding hydrogens is 358 g/mol. The van der Waals surface area contributed by atoms with Gasteiger partial charge in [-0.05, 0) is 42.8 Å². The molecule has 0 radical (unpaired) electrons. The Labute approximate surface area is 162 Å². The second-order valence-corrected chi connectivity index (χ2v) is 6.62. The van der Waals surface area contributed by atoms with Gasteiger partial charge in [0.25, 0.3) is 0 Å². The van der Waals surface area contributed by atoms with E-state index in [1.807, 2.05) is 37.3 Å². The number of nitrogens with one attached hydrogen (secondary N) is 1. The van der Waals surface area contributed by atoms with Gasteiger partial charge in [0, 0.05) is 36.4 Å². The van der Waals surface area contributed by atoms with Crippen molar-refractivity contribution >= 4 is 29.3 Å². The minimum atomic E-state index is -0.186. The maximum absolute atomic E-state index is 12.1. The quantitative estimate of drug-likeness (QED) is 0.870. The number of carbonyl (C=O) groups excluding carboxylic acids is 2. The predicted molar refractivity (Wildman–Crippen MR) is 105 cm³/mol. The zero-order valence-corrected chi connectivity index (χ0v) is 15.8. The summed E-state index contributed by atoms with van der Waals surface area (Å²) >= 11 is 0. The minimum Gasteiger partial charge on any atom is -0.454 e. The van der Waals surface area contributed by atoms with E-state index < -0.39 is 0 Å². The zero-order valence-electron chi connectivity index (χ0n) is 15.8. The molecule has 0 saturated heterocycles. The maximum Gasteiger partial charge on any atom is 0.243 e. The van der Waals surface area contributed by atoms with E-state index >= 15 is 0 Å². The number of hydrogen-bond donors (Lipinski definition) is 1. The molecule has 2 amide bonds. The number of allylic oxidation sites excluding steroid dienone is 1. The van der Waals surface area contributed by atoms with Crippen molar-refractivity contribution in [3.8, 4) is 11.5 Å². The summed E-state index contributed by atoms with van der Waals surface area (Å²) in [6.45, 7) is 4.95. The van der Waals surface area contributed by atoms with E-state index in [9.17, 15) is 9.59 Å². The second-order valence-electron chi connectivity index (χ2n) is 6.62. The first-order valence-corrected chi connectivity index (χ1v) is 8.82. The number of nitrogens with zero attached hydrogens (tertiary/aromatic N) is 2. The summed E-state index contributed by atoms with van der Waals surface area (Å²) in [6, 6.07) is 11.1. The van der Waals surface area contributed by atoms with Crippen LogP contribution in [0.15, 0.2) is 47.2 Å². The Morgan fingerprint density at radius 3 is 2.39 bits per heavy atom. The average molecular weight is 377 g/mol. The third kappa shape index (κ3) is 3.22. The first kappa shape index (κ1) is 17.8. The molecule has 4 rings (SSSR count). The summed E-state index contributed by atoms with van der Waals surface area (Å²) in [4.78, 5) is 23.4. The van der Waals surface area contributed by atoms with Crippen molar-refractivity contribution in [3.05, 3.63) is 58.8 Å². The highest BCUT2D eigenvalue weighted by Gasteiger charge is 2.24. The van der Waals surface area contributed by atoms with Crippen LogP contribution in [0.5, 0.6) is 11.5 Å². The second kappa shape index (κ2) is 6.84. The van der Waals surface area contributed by atoms with E-state index in [0.717, 1.165) is 16.7 Å². The van der Waals surface area contributed by atoms with E-state index in [4.69, 9.17) is 9.47 Å². The number of anilines is 1. The smallest absolute Gasteiger partial charge is 0.243 e. The molecule has 0 fully saturated rings. The van der Waals surface area contributed by atoms with E-state index in [2.05, 4.69) is 10.4 Å². The number of hydrogen-bond acceptors (Lipinski definition) is 5. The molecule has 28 heavy (non-hydrogen) atoms. The van der Waals surface area contributed by atoms with Crippen LogP contribution in [0, 0.1) is 0 Å². The summed E-state index contributed by atoms with van der Waals surface area (Å²) in [7, 11) is 0. The Balaban J connectivity index is 1.86. The van der Waals surface area contributed by atoms with Crippen molar-refractivity contribution in [2.75, 3.05) is 12.1 Å². The lowest BCUT2D eigenvalue weighted by atomic mass is 9.96. The molecule has 0 saturated carbocycles. The van der Waals surface area contributed by atoms with Crippen LogP contribution in [0.4, 0.5) is 5.69 Å². The largest absolute Gasteiger partial charge is 0.454 e. The lowest BCUT2D eigenvalue weighted by Gasteiger charge is -2.16. The molecule has 2 aliphatic heterocycles. The van der Waals surface area contributed by atoms with Crippen LogP contribution in [-0.2, 0) is 9.59 Å². The number of fused-ring (bicyclic) bond motifs is 2. The zero-order chi connectivity index (χ0) is 19.8. The Kier molecular flexibility index (Phi) is 4.35. The van der Waals surface area contributed by atoms with Crippen molar-refractivity contribution < 1.29 is 19.1 Å². The van der Waals surface area contributed by atoms with Crippen molar-refractivity contribution in [1.29, 1.82) is 0 Å². The summed E-state index contributed by atoms with van der Waals surface area (Å²) in [5.74, 6) is 0.984. The van der Waals surface area contributed by atoms with Crippen molar-refractivity contribution in [2.24, 2.45) is 5.10 Å². The average Bonchev–Trinajstić information content (AvgIpc) is 3.03. The molecular formula is C21H19N3O4. The molecule has 7 heteroatoms. The lowest BCUT2D eigenvalue weighted by molar-refractivity contribution is -0.126. The van der Waals surface area contributed by atoms with E-state index in [1.165, 1.54) is 18.9 Å². The van der Waals surface area contributed by atoms with Crippen LogP contribution in [0.3, 0.4) is 0 Å². The van der Waals surface area contributed by atoms with Crippen molar-refractivity contribution in [2.45, 2.75) is 20.8 Å². The first-order valence-electron chi connectivity index (χ1n) is 8.82. The Hall–Kier alpha value is -3.61. The van der Waals surface area contributed by atoms with E-state index in [0.29, 0.717) is 28.6 Å². The summed E-state index contributed by atoms with van der Waals surface area (Å²) < 4.78 is 11.0. The molecule has 0 aliphatic carbocycles. The molecule has 142 valence electrons. The Bertz CT molecular complexity index is 1040. The van der Waals surface area contributed by atoms with Crippen LogP contribution in [0.1, 0.15) is 37.5 Å². The van der Waals surface area contributed by atoms with Gasteiger partial charge in [-0.25, -0.2) is 5.01 Å². The number of hydrazone groups is 1. The van der Waals surface area contributed by atoms with Gasteiger partial charge in [0.1, 0.15) is 0 Å². The summed E-state index contributed by atoms with van der Waals surface area (Å²) in [5.41, 5.74) is 4.55. The third-order valence-corrected chi connectivity index (χ3v) is 4.48. The Morgan fingerprint density at radius 1 is 1.07 bits per heavy atom. The van der Waals surface area contributed by atoms with Gasteiger partial charge in [-0.15, -0.1) is 0 Å². The van der Waals surface area contributed by atoms with Crippen LogP contribution in [-0.4, -0.2) is 29.3 Å². The van der Waals surface area contributed by atoms with Crippen LogP contribution in [0.25, 0.3) is 6.08 Å². The third-order valence-electron chi connectivity index (χ3n) is 4.48. The van der Waals surface area contributed by atoms with Gasteiger partial charge in [-0.3, -0.25) is 9.59 Å². The van der Waals surface area contributed by atoms with Gasteiger partial charge in [-0.2, -0.15) is 5.10 Å². The molecule has 0 atom stereocenters. The molecule has 2 aliphatic rings. The van der Waals surface area contributed by atoms with Gasteiger partial charge in [0.05, 0.1) is 5.71 Å². The van der Waals surface area contributed by atoms with Gasteiger partial charge in [0.2, 0.25) is 18.6 Å². The Morgan fingerprint density at radius 2 is 1.75 bits per heavy atom. The first-order chi connectivity index (χ1) is 13.4. The monoisotopic (exact) mass is 377 g/mol. The number of amides is 2. The molecule has 0 bridgehead atoms. The van der Waals surface area contributed by atoms with Crippen molar-refractivity contribution in [1.82, 2.24) is 5.01 Å². The van der Waals surface area contributed by atoms with Crippen LogP contribution >= 0.6 is 0 Å². The molecule has 2 aromatic carbocycles. The standard InChI is InChI=1S/C21H19N3O4/c1-12-8-16-9-19-20(28-11-27-19)10-18(16)21(23-24(12)14(3)26)15-4-6-17(7-5-15)22-13(2)25/h4-10H,11H2,1-3H3,(H,22,25). The fourth-order valence-corrected chi connectivity index (χ4v) is 3.25. The van der Waals surface area contributed by atoms with Crippen LogP contribution < -0.4 is 14.8 Å². The molecule has 7 nitrogen and oxygen atoms in total. The van der Waals surface area contributed by atoms with E-state index in [-0.39, 0.29) is 18.6 Å². The fraction of sp³-hybridized carbons (Fsp3) is 0.190. The highest BCUT2D eigenvalue weighted by atomic mass is 16.7. The van der Waals surface area contributed by atoms with Gasteiger partial charge in [0.15, 0.2) is 11.5 Å². The topological polar surface area (TPSA) is 80.2 Å². The number of ether oxygens (including phenoxy) is 2. The fourth-order valence-electron chi connectivity index (χ4n) is 3.25. The van der Waals surface area contributed by atoms with Gasteiger partial charge < -0.3 is 14.8 Å². The normalized spacial score (nSPS) is 14.6. The molecule has 2 heterocycles. The van der Waals surface area contributed by atoms with E-state index in [1.54, 1.807) is 12.1 Å². The highest BCUT2D eigenvalue weighted by molar-refractivity contribution is 6.16. The number of rotatable bonds is 2. The highest BCUT2D eigenvalue weighted by Crippen LogP contribution is 2.38. The molecule has 0 spiro atoms. The number of carbonyl (C=O) groups is 2. The molecule has 2 aromatic rings. The van der Waals surface area contributed by atoms with Crippen LogP contribution in [0.2, 0.25) is 0 Å². The molecule has 0 aromatic heterocycles. The van der Waals surface area contributed by atoms with Gasteiger partial charge in [-0.1, -0.05) is 12.1 Å². The predicted octanol–water partition coefficient (Wildman–Crippen LogP) is 3.35. The molecule has 0 unspecified atom stereocenters. The maximum atomic E-state index is 12.1. The lowest BCUT2D eigenvalue weighted by Crippen LogP contribution is -2.22. The SMILES string of the molecule is CC(=O)Nc1ccc(C2=NN(C(C)=O)C(C)=Cc3cc4c(cc32)OCO4)cc1. The summed E-state index contributed by atoms with van der Waals surface area (Å²) in [5, 5.41) is 8.76.